The molecule has 0 spiro atoms. The number of aromatic nitrogens is 1. The molecule has 0 radical (unpaired) electrons. The summed E-state index contributed by atoms with van der Waals surface area (Å²) >= 11 is 0.973. The first kappa shape index (κ1) is 15.8. The molecule has 22 heavy (non-hydrogen) atoms. The number of anilines is 1. The summed E-state index contributed by atoms with van der Waals surface area (Å²) in [6, 6.07) is 5.61. The summed E-state index contributed by atoms with van der Waals surface area (Å²) in [7, 11) is 0. The van der Waals surface area contributed by atoms with Crippen molar-refractivity contribution in [1.82, 2.24) is 4.98 Å². The molecule has 0 aliphatic rings. The molecule has 2 rings (SSSR count). The molecular formula is C15H13FN2O3S. The first-order chi connectivity index (χ1) is 10.5. The molecule has 1 heterocycles. The lowest BCUT2D eigenvalue weighted by Gasteiger charge is -2.02. The largest absolute Gasteiger partial charge is 0.457 e. The van der Waals surface area contributed by atoms with E-state index in [1.807, 2.05) is 0 Å². The Labute approximate surface area is 130 Å². The van der Waals surface area contributed by atoms with Gasteiger partial charge in [-0.15, -0.1) is 0 Å². The van der Waals surface area contributed by atoms with Gasteiger partial charge in [-0.1, -0.05) is 36.1 Å². The third-order valence-electron chi connectivity index (χ3n) is 2.65. The molecule has 0 bridgehead atoms. The lowest BCUT2D eigenvalue weighted by atomic mass is 10.2. The monoisotopic (exact) mass is 320 g/mol. The Morgan fingerprint density at radius 3 is 2.86 bits per heavy atom. The van der Waals surface area contributed by atoms with E-state index in [1.165, 1.54) is 24.3 Å². The first-order valence-corrected chi connectivity index (χ1v) is 7.16. The molecular weight excluding hydrogens is 307 g/mol. The van der Waals surface area contributed by atoms with E-state index in [4.69, 9.17) is 4.74 Å². The summed E-state index contributed by atoms with van der Waals surface area (Å²) in [6.45, 7) is 5.17. The minimum atomic E-state index is -0.627. The van der Waals surface area contributed by atoms with E-state index in [9.17, 15) is 14.0 Å². The maximum atomic E-state index is 13.5. The van der Waals surface area contributed by atoms with Gasteiger partial charge >= 0.3 is 5.97 Å². The van der Waals surface area contributed by atoms with Crippen molar-refractivity contribution < 1.29 is 18.7 Å². The highest BCUT2D eigenvalue weighted by Gasteiger charge is 2.19. The smallest absolute Gasteiger partial charge is 0.350 e. The van der Waals surface area contributed by atoms with Gasteiger partial charge in [-0.2, -0.15) is 0 Å². The molecule has 1 N–H and O–H groups in total. The fraction of sp³-hybridized carbons (Fsp3) is 0.133. The number of nitrogens with one attached hydrogen (secondary N) is 1. The van der Waals surface area contributed by atoms with Crippen molar-refractivity contribution in [2.75, 3.05) is 11.9 Å². The van der Waals surface area contributed by atoms with Crippen LogP contribution in [0.1, 0.15) is 25.7 Å². The van der Waals surface area contributed by atoms with Crippen LogP contribution in [0.25, 0.3) is 0 Å². The summed E-state index contributed by atoms with van der Waals surface area (Å²) in [5.41, 5.74) is 0.342. The van der Waals surface area contributed by atoms with Crippen molar-refractivity contribution in [3.05, 3.63) is 58.9 Å². The molecule has 1 aromatic heterocycles. The van der Waals surface area contributed by atoms with Crippen molar-refractivity contribution in [1.29, 1.82) is 0 Å². The van der Waals surface area contributed by atoms with E-state index < -0.39 is 17.7 Å². The number of hydrogen-bond donors (Lipinski definition) is 1. The van der Waals surface area contributed by atoms with Gasteiger partial charge in [0.1, 0.15) is 17.3 Å². The first-order valence-electron chi connectivity index (χ1n) is 6.34. The minimum Gasteiger partial charge on any atom is -0.457 e. The van der Waals surface area contributed by atoms with Crippen LogP contribution in [0.15, 0.2) is 36.9 Å². The molecule has 1 aromatic carbocycles. The molecule has 114 valence electrons. The van der Waals surface area contributed by atoms with Gasteiger partial charge in [0.25, 0.3) is 5.91 Å². The van der Waals surface area contributed by atoms with E-state index in [1.54, 1.807) is 13.0 Å². The number of aryl methyl sites for hydroxylation is 1. The Bertz CT molecular complexity index is 727. The Hall–Kier alpha value is -2.54. The van der Waals surface area contributed by atoms with Crippen molar-refractivity contribution in [3.63, 3.8) is 0 Å². The van der Waals surface area contributed by atoms with Crippen LogP contribution in [0, 0.1) is 12.7 Å². The number of ether oxygens (including phenoxy) is 1. The second kappa shape index (κ2) is 6.95. The zero-order valence-electron chi connectivity index (χ0n) is 11.8. The SMILES string of the molecule is C=CCOC(=O)c1sc(NC(=O)c2ccccc2F)nc1C. The Balaban J connectivity index is 2.14. The molecule has 0 aliphatic carbocycles. The lowest BCUT2D eigenvalue weighted by molar-refractivity contribution is 0.0554. The number of halogens is 1. The van der Waals surface area contributed by atoms with Gasteiger partial charge in [-0.3, -0.25) is 10.1 Å². The fourth-order valence-corrected chi connectivity index (χ4v) is 2.50. The number of amides is 1. The van der Waals surface area contributed by atoms with Crippen LogP contribution in [-0.2, 0) is 4.74 Å². The maximum absolute atomic E-state index is 13.5. The maximum Gasteiger partial charge on any atom is 0.350 e. The molecule has 0 aliphatic heterocycles. The van der Waals surface area contributed by atoms with Gasteiger partial charge in [-0.25, -0.2) is 14.2 Å². The molecule has 0 atom stereocenters. The topological polar surface area (TPSA) is 68.3 Å². The van der Waals surface area contributed by atoms with E-state index in [2.05, 4.69) is 16.9 Å². The third-order valence-corrected chi connectivity index (χ3v) is 3.71. The van der Waals surface area contributed by atoms with E-state index in [-0.39, 0.29) is 22.2 Å². The third kappa shape index (κ3) is 3.56. The average molecular weight is 320 g/mol. The molecule has 7 heteroatoms. The summed E-state index contributed by atoms with van der Waals surface area (Å²) in [5.74, 6) is -1.79. The quantitative estimate of drug-likeness (QED) is 0.678. The Morgan fingerprint density at radius 1 is 1.45 bits per heavy atom. The number of benzene rings is 1. The van der Waals surface area contributed by atoms with Crippen LogP contribution in [0.4, 0.5) is 9.52 Å². The highest BCUT2D eigenvalue weighted by molar-refractivity contribution is 7.17. The molecule has 2 aromatic rings. The summed E-state index contributed by atoms with van der Waals surface area (Å²) < 4.78 is 18.5. The van der Waals surface area contributed by atoms with E-state index in [0.717, 1.165) is 11.3 Å². The number of nitrogens with zero attached hydrogens (tertiary/aromatic N) is 1. The number of rotatable bonds is 5. The Morgan fingerprint density at radius 2 is 2.18 bits per heavy atom. The van der Waals surface area contributed by atoms with Crippen molar-refractivity contribution >= 4 is 28.3 Å². The number of carbonyl (C=O) groups is 2. The standard InChI is InChI=1S/C15H13FN2O3S/c1-3-8-21-14(20)12-9(2)17-15(22-12)18-13(19)10-6-4-5-7-11(10)16/h3-7H,1,8H2,2H3,(H,17,18,19). The van der Waals surface area contributed by atoms with Gasteiger partial charge in [0.2, 0.25) is 0 Å². The van der Waals surface area contributed by atoms with Crippen LogP contribution in [0.2, 0.25) is 0 Å². The average Bonchev–Trinajstić information content (AvgIpc) is 2.85. The normalized spacial score (nSPS) is 10.1. The summed E-state index contributed by atoms with van der Waals surface area (Å²) in [4.78, 5) is 28.1. The molecule has 0 saturated carbocycles. The molecule has 1 amide bonds. The van der Waals surface area contributed by atoms with Gasteiger partial charge in [-0.05, 0) is 19.1 Å². The van der Waals surface area contributed by atoms with E-state index in [0.29, 0.717) is 5.69 Å². The zero-order chi connectivity index (χ0) is 16.1. The van der Waals surface area contributed by atoms with Crippen LogP contribution >= 0.6 is 11.3 Å². The van der Waals surface area contributed by atoms with Gasteiger partial charge in [0, 0.05) is 0 Å². The highest BCUT2D eigenvalue weighted by Crippen LogP contribution is 2.24. The van der Waals surface area contributed by atoms with Crippen LogP contribution in [0.5, 0.6) is 0 Å². The van der Waals surface area contributed by atoms with E-state index >= 15 is 0 Å². The number of hydrogen-bond acceptors (Lipinski definition) is 5. The fourth-order valence-electron chi connectivity index (χ4n) is 1.65. The molecule has 0 unspecified atom stereocenters. The van der Waals surface area contributed by atoms with Crippen molar-refractivity contribution in [2.45, 2.75) is 6.92 Å². The highest BCUT2D eigenvalue weighted by atomic mass is 32.1. The number of thiazole rings is 1. The van der Waals surface area contributed by atoms with Crippen LogP contribution in [0.3, 0.4) is 0 Å². The van der Waals surface area contributed by atoms with Crippen molar-refractivity contribution in [3.8, 4) is 0 Å². The minimum absolute atomic E-state index is 0.0904. The van der Waals surface area contributed by atoms with Crippen LogP contribution in [-0.4, -0.2) is 23.5 Å². The zero-order valence-corrected chi connectivity index (χ0v) is 12.6. The van der Waals surface area contributed by atoms with Gasteiger partial charge < -0.3 is 4.74 Å². The van der Waals surface area contributed by atoms with Gasteiger partial charge in [0.15, 0.2) is 5.13 Å². The number of carbonyl (C=O) groups excluding carboxylic acids is 2. The predicted molar refractivity (Wildman–Crippen MR) is 81.7 cm³/mol. The van der Waals surface area contributed by atoms with Gasteiger partial charge in [0.05, 0.1) is 11.3 Å². The second-order valence-electron chi connectivity index (χ2n) is 4.25. The Kier molecular flexibility index (Phi) is 5.00. The predicted octanol–water partition coefficient (Wildman–Crippen LogP) is 3.19. The lowest BCUT2D eigenvalue weighted by Crippen LogP contribution is -2.13. The van der Waals surface area contributed by atoms with Crippen LogP contribution < -0.4 is 5.32 Å². The molecule has 0 fully saturated rings. The van der Waals surface area contributed by atoms with Crippen molar-refractivity contribution in [2.24, 2.45) is 0 Å². The molecule has 0 saturated heterocycles. The summed E-state index contributed by atoms with van der Waals surface area (Å²) in [5, 5.41) is 2.68. The second-order valence-corrected chi connectivity index (χ2v) is 5.25. The molecule has 5 nitrogen and oxygen atoms in total. The number of esters is 1. The summed E-state index contributed by atoms with van der Waals surface area (Å²) in [6.07, 6.45) is 1.45.